The fourth-order valence-electron chi connectivity index (χ4n) is 3.73. The molecule has 0 radical (unpaired) electrons. The van der Waals surface area contributed by atoms with Gasteiger partial charge in [-0.1, -0.05) is 42.1 Å². The average molecular weight is 487 g/mol. The second-order valence-electron chi connectivity index (χ2n) is 7.78. The van der Waals surface area contributed by atoms with Gasteiger partial charge in [0.25, 0.3) is 11.5 Å². The third-order valence-corrected chi connectivity index (χ3v) is 6.50. The molecule has 3 aromatic carbocycles. The molecule has 0 aliphatic heterocycles. The summed E-state index contributed by atoms with van der Waals surface area (Å²) >= 11 is 1.20. The number of carbonyl (C=O) groups is 2. The summed E-state index contributed by atoms with van der Waals surface area (Å²) in [6.45, 7) is 5.16. The highest BCUT2D eigenvalue weighted by atomic mass is 32.2. The number of thioether (sulfide) groups is 1. The molecule has 0 bridgehead atoms. The second kappa shape index (κ2) is 11.0. The average Bonchev–Trinajstić information content (AvgIpc) is 2.89. The Bertz CT molecular complexity index is 1400. The molecule has 2 amide bonds. The molecule has 0 saturated heterocycles. The lowest BCUT2D eigenvalue weighted by Crippen LogP contribution is -2.30. The van der Waals surface area contributed by atoms with Crippen LogP contribution in [-0.4, -0.2) is 45.1 Å². The van der Waals surface area contributed by atoms with Crippen molar-refractivity contribution in [2.24, 2.45) is 0 Å². The van der Waals surface area contributed by atoms with E-state index in [1.54, 1.807) is 41.3 Å². The van der Waals surface area contributed by atoms with E-state index in [1.807, 2.05) is 56.3 Å². The number of amides is 2. The lowest BCUT2D eigenvalue weighted by atomic mass is 10.2. The van der Waals surface area contributed by atoms with Crippen molar-refractivity contribution in [2.45, 2.75) is 19.0 Å². The van der Waals surface area contributed by atoms with Gasteiger partial charge in [0, 0.05) is 24.3 Å². The lowest BCUT2D eigenvalue weighted by Gasteiger charge is -2.18. The molecule has 35 heavy (non-hydrogen) atoms. The van der Waals surface area contributed by atoms with Crippen LogP contribution in [0.5, 0.6) is 0 Å². The standard InChI is InChI=1S/C27H26N4O3S/c1-3-30(4-2)25(33)19-14-16-20(17-15-19)28-24(32)18-35-27-29-23-13-9-8-12-22(23)26(34)31(27)21-10-6-5-7-11-21/h5-17H,3-4,18H2,1-2H3,(H,28,32). The zero-order chi connectivity index (χ0) is 24.8. The van der Waals surface area contributed by atoms with Crippen molar-refractivity contribution in [1.29, 1.82) is 0 Å². The molecule has 1 N–H and O–H groups in total. The number of benzene rings is 3. The van der Waals surface area contributed by atoms with Gasteiger partial charge >= 0.3 is 0 Å². The van der Waals surface area contributed by atoms with E-state index in [4.69, 9.17) is 0 Å². The Labute approximate surface area is 207 Å². The highest BCUT2D eigenvalue weighted by Crippen LogP contribution is 2.22. The normalized spacial score (nSPS) is 10.8. The molecule has 4 rings (SSSR count). The smallest absolute Gasteiger partial charge is 0.266 e. The monoisotopic (exact) mass is 486 g/mol. The van der Waals surface area contributed by atoms with Gasteiger partial charge in [0.2, 0.25) is 5.91 Å². The topological polar surface area (TPSA) is 84.3 Å². The molecular weight excluding hydrogens is 460 g/mol. The second-order valence-corrected chi connectivity index (χ2v) is 8.72. The van der Waals surface area contributed by atoms with Crippen LogP contribution in [0.3, 0.4) is 0 Å². The van der Waals surface area contributed by atoms with Crippen molar-refractivity contribution in [3.05, 3.63) is 94.8 Å². The number of nitrogens with one attached hydrogen (secondary N) is 1. The summed E-state index contributed by atoms with van der Waals surface area (Å²) in [7, 11) is 0. The van der Waals surface area contributed by atoms with Gasteiger partial charge in [0.15, 0.2) is 5.16 Å². The van der Waals surface area contributed by atoms with E-state index in [0.29, 0.717) is 46.1 Å². The van der Waals surface area contributed by atoms with Crippen molar-refractivity contribution in [3.63, 3.8) is 0 Å². The van der Waals surface area contributed by atoms with Crippen LogP contribution in [0.25, 0.3) is 16.6 Å². The first-order valence-corrected chi connectivity index (χ1v) is 12.4. The molecule has 0 spiro atoms. The fraction of sp³-hybridized carbons (Fsp3) is 0.185. The number of nitrogens with zero attached hydrogens (tertiary/aromatic N) is 3. The van der Waals surface area contributed by atoms with E-state index in [1.165, 1.54) is 16.3 Å². The third kappa shape index (κ3) is 5.44. The Morgan fingerprint density at radius 2 is 1.57 bits per heavy atom. The van der Waals surface area contributed by atoms with Gasteiger partial charge in [-0.25, -0.2) is 4.98 Å². The quantitative estimate of drug-likeness (QED) is 0.291. The minimum absolute atomic E-state index is 0.0373. The van der Waals surface area contributed by atoms with Gasteiger partial charge in [-0.3, -0.25) is 19.0 Å². The molecule has 0 unspecified atom stereocenters. The molecule has 0 fully saturated rings. The van der Waals surface area contributed by atoms with Gasteiger partial charge in [-0.15, -0.1) is 0 Å². The molecule has 178 valence electrons. The number of aromatic nitrogens is 2. The molecule has 0 atom stereocenters. The van der Waals surface area contributed by atoms with Crippen LogP contribution in [0, 0.1) is 0 Å². The highest BCUT2D eigenvalue weighted by molar-refractivity contribution is 7.99. The number of rotatable bonds is 8. The van der Waals surface area contributed by atoms with Crippen LogP contribution < -0.4 is 10.9 Å². The number of anilines is 1. The van der Waals surface area contributed by atoms with Gasteiger partial charge in [-0.05, 0) is 62.4 Å². The SMILES string of the molecule is CCN(CC)C(=O)c1ccc(NC(=O)CSc2nc3ccccc3c(=O)n2-c2ccccc2)cc1. The summed E-state index contributed by atoms with van der Waals surface area (Å²) < 4.78 is 1.54. The van der Waals surface area contributed by atoms with Gasteiger partial charge < -0.3 is 10.2 Å². The minimum atomic E-state index is -0.236. The van der Waals surface area contributed by atoms with Crippen LogP contribution in [0.1, 0.15) is 24.2 Å². The van der Waals surface area contributed by atoms with Crippen LogP contribution >= 0.6 is 11.8 Å². The summed E-state index contributed by atoms with van der Waals surface area (Å²) in [6.07, 6.45) is 0. The lowest BCUT2D eigenvalue weighted by molar-refractivity contribution is -0.113. The molecule has 1 heterocycles. The molecule has 0 aliphatic rings. The Balaban J connectivity index is 1.51. The number of fused-ring (bicyclic) bond motifs is 1. The van der Waals surface area contributed by atoms with Crippen molar-refractivity contribution in [2.75, 3.05) is 24.2 Å². The molecule has 0 aliphatic carbocycles. The number of para-hydroxylation sites is 2. The molecule has 8 heteroatoms. The van der Waals surface area contributed by atoms with Gasteiger partial charge in [-0.2, -0.15) is 0 Å². The van der Waals surface area contributed by atoms with Crippen LogP contribution in [0.2, 0.25) is 0 Å². The highest BCUT2D eigenvalue weighted by Gasteiger charge is 2.15. The summed E-state index contributed by atoms with van der Waals surface area (Å²) in [4.78, 5) is 44.8. The van der Waals surface area contributed by atoms with Crippen molar-refractivity contribution < 1.29 is 9.59 Å². The van der Waals surface area contributed by atoms with Crippen molar-refractivity contribution >= 4 is 40.2 Å². The van der Waals surface area contributed by atoms with E-state index < -0.39 is 0 Å². The first-order chi connectivity index (χ1) is 17.0. The van der Waals surface area contributed by atoms with Crippen molar-refractivity contribution in [3.8, 4) is 5.69 Å². The first-order valence-electron chi connectivity index (χ1n) is 11.4. The van der Waals surface area contributed by atoms with E-state index in [2.05, 4.69) is 10.3 Å². The summed E-state index contributed by atoms with van der Waals surface area (Å²) in [5.41, 5.74) is 2.26. The van der Waals surface area contributed by atoms with Gasteiger partial charge in [0.05, 0.1) is 22.3 Å². The zero-order valence-corrected chi connectivity index (χ0v) is 20.4. The molecule has 0 saturated carbocycles. The summed E-state index contributed by atoms with van der Waals surface area (Å²) in [5, 5.41) is 3.80. The summed E-state index contributed by atoms with van der Waals surface area (Å²) in [6, 6.07) is 23.3. The van der Waals surface area contributed by atoms with Crippen LogP contribution in [0.4, 0.5) is 5.69 Å². The molecule has 1 aromatic heterocycles. The van der Waals surface area contributed by atoms with Gasteiger partial charge in [0.1, 0.15) is 0 Å². The third-order valence-electron chi connectivity index (χ3n) is 5.56. The molecule has 7 nitrogen and oxygen atoms in total. The molecule has 4 aromatic rings. The Morgan fingerprint density at radius 1 is 0.914 bits per heavy atom. The van der Waals surface area contributed by atoms with E-state index in [9.17, 15) is 14.4 Å². The zero-order valence-electron chi connectivity index (χ0n) is 19.6. The Kier molecular flexibility index (Phi) is 7.62. The van der Waals surface area contributed by atoms with E-state index in [-0.39, 0.29) is 23.1 Å². The van der Waals surface area contributed by atoms with Crippen molar-refractivity contribution in [1.82, 2.24) is 14.5 Å². The maximum atomic E-state index is 13.2. The predicted molar refractivity (Wildman–Crippen MR) is 140 cm³/mol. The van der Waals surface area contributed by atoms with E-state index >= 15 is 0 Å². The van der Waals surface area contributed by atoms with Crippen LogP contribution in [0.15, 0.2) is 88.8 Å². The number of hydrogen-bond acceptors (Lipinski definition) is 5. The van der Waals surface area contributed by atoms with Crippen LogP contribution in [-0.2, 0) is 4.79 Å². The maximum Gasteiger partial charge on any atom is 0.266 e. The maximum absolute atomic E-state index is 13.2. The first kappa shape index (κ1) is 24.2. The largest absolute Gasteiger partial charge is 0.339 e. The summed E-state index contributed by atoms with van der Waals surface area (Å²) in [5.74, 6) is -0.206. The Hall–Kier alpha value is -3.91. The number of carbonyl (C=O) groups excluding carboxylic acids is 2. The minimum Gasteiger partial charge on any atom is -0.339 e. The predicted octanol–water partition coefficient (Wildman–Crippen LogP) is 4.60. The Morgan fingerprint density at radius 3 is 2.26 bits per heavy atom. The molecular formula is C27H26N4O3S. The number of hydrogen-bond donors (Lipinski definition) is 1. The van der Waals surface area contributed by atoms with E-state index in [0.717, 1.165) is 0 Å². The fourth-order valence-corrected chi connectivity index (χ4v) is 4.54.